The molecule has 5 heteroatoms. The van der Waals surface area contributed by atoms with Crippen molar-refractivity contribution in [3.05, 3.63) is 77.6 Å². The normalized spacial score (nSPS) is 10.4. The number of rotatable bonds is 5. The summed E-state index contributed by atoms with van der Waals surface area (Å²) < 4.78 is 6.91. The molecular formula is C19H19N3O2. The molecule has 1 amide bonds. The molecule has 0 atom stereocenters. The SMILES string of the molecule is COc1ccc(-n2nc(C(=O)NCc3ccccc3)cc2C)cc1. The van der Waals surface area contributed by atoms with Crippen molar-refractivity contribution in [1.82, 2.24) is 15.1 Å². The maximum atomic E-state index is 12.3. The number of nitrogens with zero attached hydrogens (tertiary/aromatic N) is 2. The number of nitrogens with one attached hydrogen (secondary N) is 1. The van der Waals surface area contributed by atoms with Crippen molar-refractivity contribution in [3.8, 4) is 11.4 Å². The fourth-order valence-electron chi connectivity index (χ4n) is 2.44. The minimum Gasteiger partial charge on any atom is -0.497 e. The summed E-state index contributed by atoms with van der Waals surface area (Å²) in [5, 5.41) is 7.30. The van der Waals surface area contributed by atoms with E-state index in [1.54, 1.807) is 17.9 Å². The Balaban J connectivity index is 1.74. The summed E-state index contributed by atoms with van der Waals surface area (Å²) in [6.45, 7) is 2.40. The molecule has 0 aliphatic rings. The van der Waals surface area contributed by atoms with Crippen LogP contribution in [0.2, 0.25) is 0 Å². The van der Waals surface area contributed by atoms with Gasteiger partial charge in [-0.2, -0.15) is 5.10 Å². The van der Waals surface area contributed by atoms with Gasteiger partial charge >= 0.3 is 0 Å². The largest absolute Gasteiger partial charge is 0.497 e. The van der Waals surface area contributed by atoms with Gasteiger partial charge in [-0.15, -0.1) is 0 Å². The topological polar surface area (TPSA) is 56.2 Å². The van der Waals surface area contributed by atoms with Gasteiger partial charge in [0.15, 0.2) is 5.69 Å². The van der Waals surface area contributed by atoms with Gasteiger partial charge in [0, 0.05) is 12.2 Å². The molecule has 0 unspecified atom stereocenters. The van der Waals surface area contributed by atoms with Crippen molar-refractivity contribution in [3.63, 3.8) is 0 Å². The standard InChI is InChI=1S/C19H19N3O2/c1-14-12-18(19(23)20-13-15-6-4-3-5-7-15)21-22(14)16-8-10-17(24-2)11-9-16/h3-12H,13H2,1-2H3,(H,20,23). The second kappa shape index (κ2) is 7.00. The summed E-state index contributed by atoms with van der Waals surface area (Å²) >= 11 is 0. The third-order valence-corrected chi connectivity index (χ3v) is 3.73. The lowest BCUT2D eigenvalue weighted by atomic mass is 10.2. The second-order valence-electron chi connectivity index (χ2n) is 5.45. The van der Waals surface area contributed by atoms with Crippen LogP contribution in [0.5, 0.6) is 5.75 Å². The van der Waals surface area contributed by atoms with Crippen molar-refractivity contribution >= 4 is 5.91 Å². The zero-order valence-electron chi connectivity index (χ0n) is 13.7. The highest BCUT2D eigenvalue weighted by atomic mass is 16.5. The molecule has 1 aromatic heterocycles. The molecule has 0 radical (unpaired) electrons. The number of hydrogen-bond donors (Lipinski definition) is 1. The van der Waals surface area contributed by atoms with Crippen LogP contribution in [-0.4, -0.2) is 22.8 Å². The monoisotopic (exact) mass is 321 g/mol. The summed E-state index contributed by atoms with van der Waals surface area (Å²) in [5.74, 6) is 0.596. The summed E-state index contributed by atoms with van der Waals surface area (Å²) in [4.78, 5) is 12.3. The first kappa shape index (κ1) is 15.8. The van der Waals surface area contributed by atoms with Crippen molar-refractivity contribution in [2.45, 2.75) is 13.5 Å². The van der Waals surface area contributed by atoms with Crippen molar-refractivity contribution in [2.75, 3.05) is 7.11 Å². The van der Waals surface area contributed by atoms with Crippen LogP contribution in [0.3, 0.4) is 0 Å². The van der Waals surface area contributed by atoms with E-state index in [9.17, 15) is 4.79 Å². The van der Waals surface area contributed by atoms with E-state index >= 15 is 0 Å². The molecule has 3 rings (SSSR count). The number of ether oxygens (including phenoxy) is 1. The van der Waals surface area contributed by atoms with E-state index in [2.05, 4.69) is 10.4 Å². The van der Waals surface area contributed by atoms with Crippen molar-refractivity contribution in [1.29, 1.82) is 0 Å². The number of hydrogen-bond acceptors (Lipinski definition) is 3. The van der Waals surface area contributed by atoms with Crippen molar-refractivity contribution in [2.24, 2.45) is 0 Å². The van der Waals surface area contributed by atoms with E-state index in [0.29, 0.717) is 12.2 Å². The number of aromatic nitrogens is 2. The van der Waals surface area contributed by atoms with Gasteiger partial charge < -0.3 is 10.1 Å². The molecule has 1 heterocycles. The number of benzene rings is 2. The number of amides is 1. The lowest BCUT2D eigenvalue weighted by molar-refractivity contribution is 0.0945. The fourth-order valence-corrected chi connectivity index (χ4v) is 2.44. The highest BCUT2D eigenvalue weighted by Gasteiger charge is 2.13. The summed E-state index contributed by atoms with van der Waals surface area (Å²) in [6.07, 6.45) is 0. The molecular weight excluding hydrogens is 302 g/mol. The van der Waals surface area contributed by atoms with E-state index < -0.39 is 0 Å². The number of methoxy groups -OCH3 is 1. The lowest BCUT2D eigenvalue weighted by Crippen LogP contribution is -2.23. The zero-order chi connectivity index (χ0) is 16.9. The minimum atomic E-state index is -0.186. The molecule has 3 aromatic rings. The second-order valence-corrected chi connectivity index (χ2v) is 5.45. The molecule has 0 saturated heterocycles. The Morgan fingerprint density at radius 3 is 2.50 bits per heavy atom. The van der Waals surface area contributed by atoms with Crippen LogP contribution < -0.4 is 10.1 Å². The first-order chi connectivity index (χ1) is 11.7. The minimum absolute atomic E-state index is 0.186. The first-order valence-corrected chi connectivity index (χ1v) is 7.70. The maximum Gasteiger partial charge on any atom is 0.272 e. The average Bonchev–Trinajstić information content (AvgIpc) is 3.02. The fraction of sp³-hybridized carbons (Fsp3) is 0.158. The Hall–Kier alpha value is -3.08. The van der Waals surface area contributed by atoms with Crippen LogP contribution in [0.25, 0.3) is 5.69 Å². The highest BCUT2D eigenvalue weighted by Crippen LogP contribution is 2.16. The molecule has 1 N–H and O–H groups in total. The van der Waals surface area contributed by atoms with Gasteiger partial charge in [-0.05, 0) is 42.8 Å². The van der Waals surface area contributed by atoms with Crippen LogP contribution in [0.1, 0.15) is 21.7 Å². The third kappa shape index (κ3) is 3.46. The smallest absolute Gasteiger partial charge is 0.272 e. The Labute approximate surface area is 140 Å². The molecule has 0 aliphatic heterocycles. The lowest BCUT2D eigenvalue weighted by Gasteiger charge is -2.05. The molecule has 5 nitrogen and oxygen atoms in total. The predicted octanol–water partition coefficient (Wildman–Crippen LogP) is 3.12. The predicted molar refractivity (Wildman–Crippen MR) is 92.5 cm³/mol. The third-order valence-electron chi connectivity index (χ3n) is 3.73. The molecule has 0 saturated carbocycles. The van der Waals surface area contributed by atoms with Crippen LogP contribution in [0, 0.1) is 6.92 Å². The molecule has 2 aromatic carbocycles. The van der Waals surface area contributed by atoms with Gasteiger partial charge in [-0.3, -0.25) is 4.79 Å². The van der Waals surface area contributed by atoms with E-state index in [1.165, 1.54) is 0 Å². The molecule has 0 spiro atoms. The maximum absolute atomic E-state index is 12.3. The number of aryl methyl sites for hydroxylation is 1. The van der Waals surface area contributed by atoms with E-state index in [1.807, 2.05) is 61.5 Å². The van der Waals surface area contributed by atoms with Crippen LogP contribution >= 0.6 is 0 Å². The Morgan fingerprint density at radius 2 is 1.83 bits per heavy atom. The quantitative estimate of drug-likeness (QED) is 0.785. The van der Waals surface area contributed by atoms with Crippen LogP contribution in [0.15, 0.2) is 60.7 Å². The Kier molecular flexibility index (Phi) is 4.61. The molecule has 122 valence electrons. The summed E-state index contributed by atoms with van der Waals surface area (Å²) in [7, 11) is 1.63. The first-order valence-electron chi connectivity index (χ1n) is 7.70. The Bertz CT molecular complexity index is 824. The number of carbonyl (C=O) groups excluding carboxylic acids is 1. The number of carbonyl (C=O) groups is 1. The molecule has 0 bridgehead atoms. The van der Waals surface area contributed by atoms with Crippen LogP contribution in [-0.2, 0) is 6.54 Å². The van der Waals surface area contributed by atoms with E-state index in [-0.39, 0.29) is 5.91 Å². The van der Waals surface area contributed by atoms with E-state index in [4.69, 9.17) is 4.74 Å². The average molecular weight is 321 g/mol. The molecule has 0 fully saturated rings. The zero-order valence-corrected chi connectivity index (χ0v) is 13.7. The van der Waals surface area contributed by atoms with Gasteiger partial charge in [-0.1, -0.05) is 30.3 Å². The van der Waals surface area contributed by atoms with Crippen molar-refractivity contribution < 1.29 is 9.53 Å². The molecule has 0 aliphatic carbocycles. The van der Waals surface area contributed by atoms with Gasteiger partial charge in [0.05, 0.1) is 12.8 Å². The molecule has 24 heavy (non-hydrogen) atoms. The Morgan fingerprint density at radius 1 is 1.12 bits per heavy atom. The van der Waals surface area contributed by atoms with Gasteiger partial charge in [0.25, 0.3) is 5.91 Å². The van der Waals surface area contributed by atoms with Gasteiger partial charge in [0.2, 0.25) is 0 Å². The summed E-state index contributed by atoms with van der Waals surface area (Å²) in [5.41, 5.74) is 3.23. The van der Waals surface area contributed by atoms with Gasteiger partial charge in [-0.25, -0.2) is 4.68 Å². The van der Waals surface area contributed by atoms with Gasteiger partial charge in [0.1, 0.15) is 5.75 Å². The highest BCUT2D eigenvalue weighted by molar-refractivity contribution is 5.92. The van der Waals surface area contributed by atoms with E-state index in [0.717, 1.165) is 22.7 Å². The summed E-state index contributed by atoms with van der Waals surface area (Å²) in [6, 6.07) is 19.1. The van der Waals surface area contributed by atoms with Crippen LogP contribution in [0.4, 0.5) is 0 Å².